The van der Waals surface area contributed by atoms with Crippen molar-refractivity contribution in [2.24, 2.45) is 5.92 Å². The van der Waals surface area contributed by atoms with Crippen molar-refractivity contribution >= 4 is 16.8 Å². The van der Waals surface area contributed by atoms with Gasteiger partial charge in [0.25, 0.3) is 5.91 Å². The molecule has 2 N–H and O–H groups in total. The van der Waals surface area contributed by atoms with Crippen LogP contribution in [-0.4, -0.2) is 59.7 Å². The van der Waals surface area contributed by atoms with Crippen LogP contribution in [-0.2, 0) is 11.3 Å². The number of pyridine rings is 1. The molecule has 0 radical (unpaired) electrons. The van der Waals surface area contributed by atoms with Crippen LogP contribution in [0.25, 0.3) is 10.9 Å². The van der Waals surface area contributed by atoms with E-state index in [2.05, 4.69) is 38.5 Å². The Morgan fingerprint density at radius 2 is 2.18 bits per heavy atom. The third-order valence-corrected chi connectivity index (χ3v) is 7.18. The molecule has 1 aromatic carbocycles. The number of amides is 1. The quantitative estimate of drug-likeness (QED) is 0.600. The number of hydrogen-bond acceptors (Lipinski definition) is 5. The third kappa shape index (κ3) is 4.89. The molecule has 7 nitrogen and oxygen atoms in total. The summed E-state index contributed by atoms with van der Waals surface area (Å²) in [6, 6.07) is 11.6. The molecule has 0 bridgehead atoms. The predicted molar refractivity (Wildman–Crippen MR) is 127 cm³/mol. The van der Waals surface area contributed by atoms with Crippen molar-refractivity contribution in [1.82, 2.24) is 20.2 Å². The van der Waals surface area contributed by atoms with E-state index in [0.29, 0.717) is 18.2 Å². The van der Waals surface area contributed by atoms with Crippen molar-refractivity contribution in [2.75, 3.05) is 33.4 Å². The SMILES string of the molecule is COc1ccc2[nH]cc(CN3CCC4(CC3)CC(CNC(=O)c3ccccn3)CCO4)c2c1. The summed E-state index contributed by atoms with van der Waals surface area (Å²) in [5.74, 6) is 1.23. The van der Waals surface area contributed by atoms with Crippen molar-refractivity contribution in [2.45, 2.75) is 37.8 Å². The van der Waals surface area contributed by atoms with Gasteiger partial charge < -0.3 is 19.8 Å². The van der Waals surface area contributed by atoms with E-state index in [9.17, 15) is 4.79 Å². The van der Waals surface area contributed by atoms with E-state index in [-0.39, 0.29) is 11.5 Å². The highest BCUT2D eigenvalue weighted by Crippen LogP contribution is 2.38. The minimum Gasteiger partial charge on any atom is -0.497 e. The molecule has 0 aliphatic carbocycles. The number of carbonyl (C=O) groups excluding carboxylic acids is 1. The monoisotopic (exact) mass is 448 g/mol. The number of nitrogens with zero attached hydrogens (tertiary/aromatic N) is 2. The van der Waals surface area contributed by atoms with E-state index in [1.54, 1.807) is 19.4 Å². The van der Waals surface area contributed by atoms with Gasteiger partial charge in [0.2, 0.25) is 0 Å². The van der Waals surface area contributed by atoms with Crippen molar-refractivity contribution in [3.05, 3.63) is 60.0 Å². The molecule has 1 unspecified atom stereocenters. The highest BCUT2D eigenvalue weighted by atomic mass is 16.5. The Labute approximate surface area is 194 Å². The van der Waals surface area contributed by atoms with E-state index in [1.165, 1.54) is 10.9 Å². The number of likely N-dealkylation sites (tertiary alicyclic amines) is 1. The Balaban J connectivity index is 1.15. The fourth-order valence-corrected chi connectivity index (χ4v) is 5.25. The summed E-state index contributed by atoms with van der Waals surface area (Å²) in [7, 11) is 1.71. The van der Waals surface area contributed by atoms with Gasteiger partial charge >= 0.3 is 0 Å². The molecular formula is C26H32N4O3. The van der Waals surface area contributed by atoms with Crippen LogP contribution in [0.3, 0.4) is 0 Å². The zero-order chi connectivity index (χ0) is 22.7. The third-order valence-electron chi connectivity index (χ3n) is 7.18. The summed E-state index contributed by atoms with van der Waals surface area (Å²) in [4.78, 5) is 22.4. The van der Waals surface area contributed by atoms with Gasteiger partial charge in [-0.1, -0.05) is 6.07 Å². The standard InChI is InChI=1S/C26H32N4O3/c1-32-21-5-6-23-22(14-21)20(17-28-23)18-30-11-8-26(9-12-30)15-19(7-13-33-26)16-29-25(31)24-4-2-3-10-27-24/h2-6,10,14,17,19,28H,7-9,11-13,15-16,18H2,1H3,(H,29,31). The Kier molecular flexibility index (Phi) is 6.33. The molecule has 3 aromatic rings. The number of piperidine rings is 1. The summed E-state index contributed by atoms with van der Waals surface area (Å²) in [5, 5.41) is 4.30. The number of aromatic amines is 1. The van der Waals surface area contributed by atoms with Crippen LogP contribution in [0.4, 0.5) is 0 Å². The number of carbonyl (C=O) groups is 1. The van der Waals surface area contributed by atoms with Gasteiger partial charge in [0.05, 0.1) is 12.7 Å². The number of hydrogen-bond donors (Lipinski definition) is 2. The number of ether oxygens (including phenoxy) is 2. The predicted octanol–water partition coefficient (Wildman–Crippen LogP) is 3.76. The average Bonchev–Trinajstić information content (AvgIpc) is 3.26. The van der Waals surface area contributed by atoms with E-state index in [0.717, 1.165) is 63.2 Å². The molecule has 7 heteroatoms. The second kappa shape index (κ2) is 9.53. The maximum atomic E-state index is 12.4. The van der Waals surface area contributed by atoms with Crippen LogP contribution >= 0.6 is 0 Å². The molecule has 174 valence electrons. The first-order valence-electron chi connectivity index (χ1n) is 11.8. The van der Waals surface area contributed by atoms with Gasteiger partial charge in [-0.3, -0.25) is 14.7 Å². The van der Waals surface area contributed by atoms with Crippen LogP contribution < -0.4 is 10.1 Å². The minimum absolute atomic E-state index is 0.0570. The molecule has 1 atom stereocenters. The lowest BCUT2D eigenvalue weighted by Gasteiger charge is -2.46. The average molecular weight is 449 g/mol. The van der Waals surface area contributed by atoms with E-state index in [4.69, 9.17) is 9.47 Å². The van der Waals surface area contributed by atoms with Crippen molar-refractivity contribution in [3.8, 4) is 5.75 Å². The van der Waals surface area contributed by atoms with Crippen LogP contribution in [0.15, 0.2) is 48.8 Å². The Morgan fingerprint density at radius 3 is 2.97 bits per heavy atom. The molecule has 2 aromatic heterocycles. The molecule has 2 saturated heterocycles. The number of methoxy groups -OCH3 is 1. The first-order chi connectivity index (χ1) is 16.1. The smallest absolute Gasteiger partial charge is 0.269 e. The lowest BCUT2D eigenvalue weighted by atomic mass is 9.79. The second-order valence-electron chi connectivity index (χ2n) is 9.32. The number of H-pyrrole nitrogens is 1. The van der Waals surface area contributed by atoms with Gasteiger partial charge in [0, 0.05) is 56.1 Å². The lowest BCUT2D eigenvalue weighted by molar-refractivity contribution is -0.127. The Morgan fingerprint density at radius 1 is 1.30 bits per heavy atom. The normalized spacial score (nSPS) is 20.7. The molecule has 4 heterocycles. The van der Waals surface area contributed by atoms with Crippen LogP contribution in [0.5, 0.6) is 5.75 Å². The number of aromatic nitrogens is 2. The fraction of sp³-hybridized carbons (Fsp3) is 0.462. The van der Waals surface area contributed by atoms with E-state index >= 15 is 0 Å². The molecule has 5 rings (SSSR count). The van der Waals surface area contributed by atoms with Crippen LogP contribution in [0.1, 0.15) is 41.7 Å². The zero-order valence-electron chi connectivity index (χ0n) is 19.2. The second-order valence-corrected chi connectivity index (χ2v) is 9.32. The highest BCUT2D eigenvalue weighted by Gasteiger charge is 2.40. The van der Waals surface area contributed by atoms with Gasteiger partial charge in [-0.25, -0.2) is 0 Å². The molecule has 1 amide bonds. The van der Waals surface area contributed by atoms with Crippen LogP contribution in [0, 0.1) is 5.92 Å². The Bertz CT molecular complexity index is 1090. The highest BCUT2D eigenvalue weighted by molar-refractivity contribution is 5.92. The number of benzene rings is 1. The summed E-state index contributed by atoms with van der Waals surface area (Å²) < 4.78 is 11.7. The number of fused-ring (bicyclic) bond motifs is 1. The molecule has 2 aliphatic heterocycles. The molecular weight excluding hydrogens is 416 g/mol. The van der Waals surface area contributed by atoms with Crippen LogP contribution in [0.2, 0.25) is 0 Å². The summed E-state index contributed by atoms with van der Waals surface area (Å²) in [6.07, 6.45) is 7.83. The lowest BCUT2D eigenvalue weighted by Crippen LogP contribution is -2.50. The number of rotatable bonds is 6. The minimum atomic E-state index is -0.0960. The van der Waals surface area contributed by atoms with Gasteiger partial charge in [-0.05, 0) is 67.5 Å². The topological polar surface area (TPSA) is 79.5 Å². The van der Waals surface area contributed by atoms with Crippen molar-refractivity contribution in [3.63, 3.8) is 0 Å². The molecule has 1 spiro atoms. The first kappa shape index (κ1) is 21.9. The fourth-order valence-electron chi connectivity index (χ4n) is 5.25. The molecule has 33 heavy (non-hydrogen) atoms. The number of nitrogens with one attached hydrogen (secondary N) is 2. The van der Waals surface area contributed by atoms with Crippen molar-refractivity contribution in [1.29, 1.82) is 0 Å². The summed E-state index contributed by atoms with van der Waals surface area (Å²) in [5.41, 5.74) is 2.87. The van der Waals surface area contributed by atoms with E-state index in [1.807, 2.05) is 18.2 Å². The van der Waals surface area contributed by atoms with Gasteiger partial charge in [-0.2, -0.15) is 0 Å². The van der Waals surface area contributed by atoms with Gasteiger partial charge in [0.1, 0.15) is 11.4 Å². The largest absolute Gasteiger partial charge is 0.497 e. The molecule has 2 aliphatic rings. The molecule has 2 fully saturated rings. The Hall–Kier alpha value is -2.90. The summed E-state index contributed by atoms with van der Waals surface area (Å²) >= 11 is 0. The maximum Gasteiger partial charge on any atom is 0.269 e. The maximum absolute atomic E-state index is 12.4. The van der Waals surface area contributed by atoms with Crippen molar-refractivity contribution < 1.29 is 14.3 Å². The van der Waals surface area contributed by atoms with Gasteiger partial charge in [0.15, 0.2) is 0 Å². The van der Waals surface area contributed by atoms with E-state index < -0.39 is 0 Å². The molecule has 0 saturated carbocycles. The summed E-state index contributed by atoms with van der Waals surface area (Å²) in [6.45, 7) is 4.41. The van der Waals surface area contributed by atoms with Gasteiger partial charge in [-0.15, -0.1) is 0 Å². The first-order valence-corrected chi connectivity index (χ1v) is 11.8. The zero-order valence-corrected chi connectivity index (χ0v) is 19.2.